The van der Waals surface area contributed by atoms with Crippen molar-refractivity contribution in [3.05, 3.63) is 59.2 Å². The SMILES string of the molecule is CCCCCC/C(=N\O)C(=O)c1ccc2c(c1)C(CCCCCC)(CCCCCC)c1ccccc1-2. The molecule has 0 radical (unpaired) electrons. The van der Waals surface area contributed by atoms with E-state index in [2.05, 4.69) is 62.3 Å². The molecule has 0 saturated carbocycles. The molecule has 0 aromatic heterocycles. The summed E-state index contributed by atoms with van der Waals surface area (Å²) < 4.78 is 0. The number of benzene rings is 2. The van der Waals surface area contributed by atoms with Crippen LogP contribution < -0.4 is 0 Å². The van der Waals surface area contributed by atoms with Crippen LogP contribution in [0.25, 0.3) is 11.1 Å². The predicted octanol–water partition coefficient (Wildman–Crippen LogP) is 9.88. The normalized spacial score (nSPS) is 14.0. The van der Waals surface area contributed by atoms with E-state index in [1.54, 1.807) is 0 Å². The largest absolute Gasteiger partial charge is 0.411 e. The predicted molar refractivity (Wildman–Crippen MR) is 152 cm³/mol. The third kappa shape index (κ3) is 6.47. The minimum absolute atomic E-state index is 0.0403. The molecular formula is C33H47NO2. The molecule has 0 bridgehead atoms. The van der Waals surface area contributed by atoms with E-state index >= 15 is 0 Å². The van der Waals surface area contributed by atoms with Crippen LogP contribution in [0.4, 0.5) is 0 Å². The van der Waals surface area contributed by atoms with Gasteiger partial charge in [-0.15, -0.1) is 0 Å². The van der Waals surface area contributed by atoms with Crippen LogP contribution in [0.5, 0.6) is 0 Å². The lowest BCUT2D eigenvalue weighted by molar-refractivity contribution is 0.105. The quantitative estimate of drug-likeness (QED) is 0.0790. The van der Waals surface area contributed by atoms with Gasteiger partial charge in [0, 0.05) is 11.0 Å². The fraction of sp³-hybridized carbons (Fsp3) is 0.576. The molecule has 0 unspecified atom stereocenters. The Balaban J connectivity index is 1.97. The van der Waals surface area contributed by atoms with Crippen molar-refractivity contribution < 1.29 is 10.0 Å². The van der Waals surface area contributed by atoms with Gasteiger partial charge in [-0.05, 0) is 54.0 Å². The Kier molecular flexibility index (Phi) is 11.2. The van der Waals surface area contributed by atoms with Crippen molar-refractivity contribution in [3.8, 4) is 11.1 Å². The van der Waals surface area contributed by atoms with Gasteiger partial charge in [-0.3, -0.25) is 4.79 Å². The van der Waals surface area contributed by atoms with Crippen molar-refractivity contribution in [2.24, 2.45) is 5.16 Å². The monoisotopic (exact) mass is 489 g/mol. The molecule has 0 amide bonds. The number of fused-ring (bicyclic) bond motifs is 3. The van der Waals surface area contributed by atoms with E-state index < -0.39 is 0 Å². The molecule has 3 nitrogen and oxygen atoms in total. The first-order valence-electron chi connectivity index (χ1n) is 14.6. The number of hydrogen-bond acceptors (Lipinski definition) is 3. The Morgan fingerprint density at radius 3 is 1.92 bits per heavy atom. The van der Waals surface area contributed by atoms with Gasteiger partial charge in [-0.25, -0.2) is 0 Å². The number of hydrogen-bond donors (Lipinski definition) is 1. The summed E-state index contributed by atoms with van der Waals surface area (Å²) in [5.74, 6) is -0.126. The van der Waals surface area contributed by atoms with Crippen LogP contribution in [0, 0.1) is 0 Å². The topological polar surface area (TPSA) is 49.7 Å². The summed E-state index contributed by atoms with van der Waals surface area (Å²) in [5, 5.41) is 13.1. The molecule has 0 atom stereocenters. The Labute approximate surface area is 219 Å². The first-order chi connectivity index (χ1) is 17.6. The van der Waals surface area contributed by atoms with Crippen LogP contribution in [-0.2, 0) is 5.41 Å². The van der Waals surface area contributed by atoms with Gasteiger partial charge in [0.2, 0.25) is 5.78 Å². The maximum absolute atomic E-state index is 13.4. The molecule has 1 aliphatic carbocycles. The third-order valence-corrected chi connectivity index (χ3v) is 8.09. The maximum Gasteiger partial charge on any atom is 0.210 e. The molecule has 3 rings (SSSR count). The minimum Gasteiger partial charge on any atom is -0.411 e. The van der Waals surface area contributed by atoms with Gasteiger partial charge in [-0.1, -0.05) is 133 Å². The van der Waals surface area contributed by atoms with Crippen LogP contribution in [0.15, 0.2) is 47.6 Å². The summed E-state index contributed by atoms with van der Waals surface area (Å²) in [6.07, 6.45) is 16.9. The van der Waals surface area contributed by atoms with Gasteiger partial charge in [-0.2, -0.15) is 0 Å². The van der Waals surface area contributed by atoms with Crippen LogP contribution >= 0.6 is 0 Å². The molecule has 0 spiro atoms. The Bertz CT molecular complexity index is 995. The number of carbonyl (C=O) groups is 1. The molecule has 1 aliphatic rings. The number of Topliss-reactive ketones (excluding diaryl/α,β-unsaturated/α-hetero) is 1. The van der Waals surface area contributed by atoms with Crippen LogP contribution in [0.1, 0.15) is 139 Å². The van der Waals surface area contributed by atoms with Crippen molar-refractivity contribution in [2.75, 3.05) is 0 Å². The fourth-order valence-corrected chi connectivity index (χ4v) is 6.06. The Morgan fingerprint density at radius 1 is 0.722 bits per heavy atom. The number of carbonyl (C=O) groups excluding carboxylic acids is 1. The van der Waals surface area contributed by atoms with E-state index in [9.17, 15) is 10.0 Å². The number of rotatable bonds is 17. The molecule has 0 saturated heterocycles. The highest BCUT2D eigenvalue weighted by Crippen LogP contribution is 2.54. The van der Waals surface area contributed by atoms with E-state index in [1.807, 2.05) is 6.07 Å². The fourth-order valence-electron chi connectivity index (χ4n) is 6.06. The van der Waals surface area contributed by atoms with Crippen molar-refractivity contribution >= 4 is 11.5 Å². The van der Waals surface area contributed by atoms with Gasteiger partial charge in [0.1, 0.15) is 5.71 Å². The summed E-state index contributed by atoms with van der Waals surface area (Å²) in [4.78, 5) is 13.4. The highest BCUT2D eigenvalue weighted by atomic mass is 16.4. The van der Waals surface area contributed by atoms with Gasteiger partial charge < -0.3 is 5.21 Å². The molecule has 1 N–H and O–H groups in total. The van der Waals surface area contributed by atoms with Crippen LogP contribution in [-0.4, -0.2) is 16.7 Å². The summed E-state index contributed by atoms with van der Waals surface area (Å²) >= 11 is 0. The molecule has 3 heteroatoms. The highest BCUT2D eigenvalue weighted by Gasteiger charge is 2.42. The molecule has 36 heavy (non-hydrogen) atoms. The second kappa shape index (κ2) is 14.4. The van der Waals surface area contributed by atoms with Gasteiger partial charge in [0.15, 0.2) is 0 Å². The standard InChI is InChI=1S/C33H47NO2/c1-4-7-10-13-20-31(34-36)32(35)26-21-22-28-27-18-14-15-19-29(27)33(30(28)25-26,23-16-11-8-5-2)24-17-12-9-6-3/h14-15,18-19,21-22,25,36H,4-13,16-17,20,23-24H2,1-3H3/b34-31+. The van der Waals surface area contributed by atoms with Crippen molar-refractivity contribution in [1.29, 1.82) is 0 Å². The summed E-state index contributed by atoms with van der Waals surface area (Å²) in [5.41, 5.74) is 6.27. The second-order valence-electron chi connectivity index (χ2n) is 10.7. The van der Waals surface area contributed by atoms with Gasteiger partial charge >= 0.3 is 0 Å². The van der Waals surface area contributed by atoms with E-state index in [0.29, 0.717) is 12.0 Å². The highest BCUT2D eigenvalue weighted by molar-refractivity contribution is 6.45. The molecule has 0 fully saturated rings. The average molecular weight is 490 g/mol. The zero-order valence-corrected chi connectivity index (χ0v) is 23.0. The lowest BCUT2D eigenvalue weighted by atomic mass is 9.70. The lowest BCUT2D eigenvalue weighted by Gasteiger charge is -2.33. The summed E-state index contributed by atoms with van der Waals surface area (Å²) in [6.45, 7) is 6.70. The number of oxime groups is 1. The van der Waals surface area contributed by atoms with Crippen LogP contribution in [0.2, 0.25) is 0 Å². The van der Waals surface area contributed by atoms with Crippen molar-refractivity contribution in [2.45, 2.75) is 122 Å². The molecule has 0 aliphatic heterocycles. The first kappa shape index (κ1) is 28.2. The van der Waals surface area contributed by atoms with Gasteiger partial charge in [0.25, 0.3) is 0 Å². The van der Waals surface area contributed by atoms with Gasteiger partial charge in [0.05, 0.1) is 0 Å². The van der Waals surface area contributed by atoms with Crippen LogP contribution in [0.3, 0.4) is 0 Å². The zero-order chi connectivity index (χ0) is 25.8. The zero-order valence-electron chi connectivity index (χ0n) is 23.0. The molecular weight excluding hydrogens is 442 g/mol. The molecule has 0 heterocycles. The third-order valence-electron chi connectivity index (χ3n) is 8.09. The number of unbranched alkanes of at least 4 members (excludes halogenated alkanes) is 9. The molecule has 2 aromatic rings. The van der Waals surface area contributed by atoms with E-state index in [-0.39, 0.29) is 16.9 Å². The maximum atomic E-state index is 13.4. The first-order valence-corrected chi connectivity index (χ1v) is 14.6. The summed E-state index contributed by atoms with van der Waals surface area (Å²) in [7, 11) is 0. The van der Waals surface area contributed by atoms with Crippen molar-refractivity contribution in [1.82, 2.24) is 0 Å². The van der Waals surface area contributed by atoms with E-state index in [1.165, 1.54) is 73.6 Å². The minimum atomic E-state index is -0.126. The number of ketones is 1. The Morgan fingerprint density at radius 2 is 1.31 bits per heavy atom. The Hall–Kier alpha value is -2.42. The lowest BCUT2D eigenvalue weighted by Crippen LogP contribution is -2.26. The van der Waals surface area contributed by atoms with E-state index in [0.717, 1.165) is 38.5 Å². The second-order valence-corrected chi connectivity index (χ2v) is 10.7. The smallest absolute Gasteiger partial charge is 0.210 e. The molecule has 196 valence electrons. The van der Waals surface area contributed by atoms with Crippen molar-refractivity contribution in [3.63, 3.8) is 0 Å². The average Bonchev–Trinajstić information content (AvgIpc) is 3.18. The summed E-state index contributed by atoms with van der Waals surface area (Å²) in [6, 6.07) is 15.1. The number of nitrogens with zero attached hydrogens (tertiary/aromatic N) is 1. The molecule has 2 aromatic carbocycles. The van der Waals surface area contributed by atoms with E-state index in [4.69, 9.17) is 0 Å².